The third-order valence-corrected chi connectivity index (χ3v) is 5.54. The number of anilines is 1. The number of nitrogens with one attached hydrogen (secondary N) is 1. The van der Waals surface area contributed by atoms with Gasteiger partial charge >= 0.3 is 0 Å². The number of halogens is 2. The van der Waals surface area contributed by atoms with E-state index in [4.69, 9.17) is 5.73 Å². The highest BCUT2D eigenvalue weighted by Crippen LogP contribution is 2.27. The molecule has 1 heterocycles. The molecule has 0 radical (unpaired) electrons. The molecule has 1 aliphatic carbocycles. The zero-order chi connectivity index (χ0) is 16.2. The number of hydrogen-bond acceptors (Lipinski definition) is 4. The van der Waals surface area contributed by atoms with Crippen molar-refractivity contribution < 1.29 is 4.79 Å². The molecule has 2 aromatic rings. The molecule has 2 atom stereocenters. The van der Waals surface area contributed by atoms with Crippen LogP contribution in [0.1, 0.15) is 36.1 Å². The van der Waals surface area contributed by atoms with Gasteiger partial charge in [-0.3, -0.25) is 4.79 Å². The monoisotopic (exact) mass is 429 g/mol. The lowest BCUT2D eigenvalue weighted by atomic mass is 9.86. The first-order valence-corrected chi connectivity index (χ1v) is 9.46. The van der Waals surface area contributed by atoms with Crippen molar-refractivity contribution in [2.75, 3.05) is 5.32 Å². The van der Waals surface area contributed by atoms with E-state index in [-0.39, 0.29) is 30.3 Å². The summed E-state index contributed by atoms with van der Waals surface area (Å²) in [6.45, 7) is 0. The molecular weight excluding hydrogens is 410 g/mol. The molecule has 0 saturated heterocycles. The Labute approximate surface area is 160 Å². The summed E-state index contributed by atoms with van der Waals surface area (Å²) in [5.74, 6) is 0.0830. The van der Waals surface area contributed by atoms with Crippen LogP contribution in [0.4, 0.5) is 5.13 Å². The average Bonchev–Trinajstić information content (AvgIpc) is 2.94. The zero-order valence-corrected chi connectivity index (χ0v) is 16.4. The van der Waals surface area contributed by atoms with Crippen molar-refractivity contribution in [3.8, 4) is 0 Å². The number of aromatic nitrogens is 1. The molecule has 4 nitrogen and oxygen atoms in total. The quantitative estimate of drug-likeness (QED) is 0.756. The molecule has 1 saturated carbocycles. The van der Waals surface area contributed by atoms with Crippen LogP contribution in [0.3, 0.4) is 0 Å². The summed E-state index contributed by atoms with van der Waals surface area (Å²) in [6.07, 6.45) is 6.43. The Kier molecular flexibility index (Phi) is 7.22. The van der Waals surface area contributed by atoms with Gasteiger partial charge in [-0.25, -0.2) is 4.98 Å². The van der Waals surface area contributed by atoms with Gasteiger partial charge in [-0.2, -0.15) is 0 Å². The lowest BCUT2D eigenvalue weighted by Gasteiger charge is -2.25. The number of rotatable bonds is 4. The van der Waals surface area contributed by atoms with Gasteiger partial charge in [0, 0.05) is 33.9 Å². The summed E-state index contributed by atoms with van der Waals surface area (Å²) in [5, 5.41) is 3.63. The van der Waals surface area contributed by atoms with E-state index in [1.54, 1.807) is 0 Å². The van der Waals surface area contributed by atoms with Crippen LogP contribution in [0.25, 0.3) is 0 Å². The van der Waals surface area contributed by atoms with E-state index in [9.17, 15) is 4.79 Å². The van der Waals surface area contributed by atoms with E-state index >= 15 is 0 Å². The first-order chi connectivity index (χ1) is 11.1. The summed E-state index contributed by atoms with van der Waals surface area (Å²) in [6, 6.07) is 8.38. The van der Waals surface area contributed by atoms with Crippen LogP contribution < -0.4 is 11.1 Å². The standard InChI is InChI=1S/C17H20BrN3OS.ClH/c18-13-5-1-3-11(7-13)8-15-10-20-17(23-15)21-16(22)12-4-2-6-14(19)9-12;/h1,3,5,7,10,12,14H,2,4,6,8-9,19H2,(H,20,21,22);1H. The van der Waals surface area contributed by atoms with E-state index in [0.717, 1.165) is 41.5 Å². The number of amides is 1. The van der Waals surface area contributed by atoms with Crippen LogP contribution in [-0.4, -0.2) is 16.9 Å². The maximum absolute atomic E-state index is 12.3. The minimum absolute atomic E-state index is 0. The molecule has 0 aliphatic heterocycles. The lowest BCUT2D eigenvalue weighted by Crippen LogP contribution is -2.34. The van der Waals surface area contributed by atoms with Crippen LogP contribution in [0, 0.1) is 5.92 Å². The molecule has 0 bridgehead atoms. The van der Waals surface area contributed by atoms with E-state index < -0.39 is 0 Å². The summed E-state index contributed by atoms with van der Waals surface area (Å²) < 4.78 is 1.07. The molecule has 1 amide bonds. The van der Waals surface area contributed by atoms with Crippen LogP contribution in [0.2, 0.25) is 0 Å². The first kappa shape index (κ1) is 19.4. The second kappa shape index (κ2) is 8.94. The van der Waals surface area contributed by atoms with Gasteiger partial charge in [-0.15, -0.1) is 23.7 Å². The molecule has 1 aromatic heterocycles. The lowest BCUT2D eigenvalue weighted by molar-refractivity contribution is -0.120. The molecular formula is C17H21BrClN3OS. The molecule has 1 aromatic carbocycles. The number of hydrogen-bond donors (Lipinski definition) is 2. The zero-order valence-electron chi connectivity index (χ0n) is 13.2. The smallest absolute Gasteiger partial charge is 0.229 e. The van der Waals surface area contributed by atoms with Crippen LogP contribution in [0.5, 0.6) is 0 Å². The molecule has 2 unspecified atom stereocenters. The Hall–Kier alpha value is -0.950. The highest BCUT2D eigenvalue weighted by Gasteiger charge is 2.25. The molecule has 7 heteroatoms. The highest BCUT2D eigenvalue weighted by atomic mass is 79.9. The van der Waals surface area contributed by atoms with E-state index in [1.165, 1.54) is 16.9 Å². The molecule has 130 valence electrons. The van der Waals surface area contributed by atoms with Gasteiger partial charge in [-0.05, 0) is 37.0 Å². The molecule has 3 N–H and O–H groups in total. The third-order valence-electron chi connectivity index (χ3n) is 4.14. The Balaban J connectivity index is 0.00000208. The highest BCUT2D eigenvalue weighted by molar-refractivity contribution is 9.10. The van der Waals surface area contributed by atoms with E-state index in [1.807, 2.05) is 18.3 Å². The molecule has 1 fully saturated rings. The summed E-state index contributed by atoms with van der Waals surface area (Å²) in [4.78, 5) is 17.8. The van der Waals surface area contributed by atoms with Crippen molar-refractivity contribution in [2.45, 2.75) is 38.1 Å². The minimum Gasteiger partial charge on any atom is -0.328 e. The largest absolute Gasteiger partial charge is 0.328 e. The maximum atomic E-state index is 12.3. The number of thiazole rings is 1. The fraction of sp³-hybridized carbons (Fsp3) is 0.412. The van der Waals surface area contributed by atoms with Crippen molar-refractivity contribution >= 4 is 50.7 Å². The first-order valence-electron chi connectivity index (χ1n) is 7.86. The van der Waals surface area contributed by atoms with Crippen molar-refractivity contribution in [3.05, 3.63) is 45.4 Å². The Morgan fingerprint density at radius 1 is 1.42 bits per heavy atom. The maximum Gasteiger partial charge on any atom is 0.229 e. The fourth-order valence-electron chi connectivity index (χ4n) is 2.97. The molecule has 0 spiro atoms. The average molecular weight is 431 g/mol. The second-order valence-electron chi connectivity index (χ2n) is 6.05. The van der Waals surface area contributed by atoms with Crippen LogP contribution in [-0.2, 0) is 11.2 Å². The van der Waals surface area contributed by atoms with Gasteiger partial charge in [0.2, 0.25) is 5.91 Å². The van der Waals surface area contributed by atoms with Crippen LogP contribution in [0.15, 0.2) is 34.9 Å². The minimum atomic E-state index is 0. The number of carbonyl (C=O) groups excluding carboxylic acids is 1. The summed E-state index contributed by atoms with van der Waals surface area (Å²) in [7, 11) is 0. The van der Waals surface area contributed by atoms with Gasteiger partial charge < -0.3 is 11.1 Å². The predicted molar refractivity (Wildman–Crippen MR) is 105 cm³/mol. The van der Waals surface area contributed by atoms with E-state index in [2.05, 4.69) is 38.4 Å². The third kappa shape index (κ3) is 5.28. The molecule has 3 rings (SSSR count). The van der Waals surface area contributed by atoms with Gasteiger partial charge in [0.15, 0.2) is 5.13 Å². The van der Waals surface area contributed by atoms with Gasteiger partial charge in [0.05, 0.1) is 0 Å². The number of benzene rings is 1. The SMILES string of the molecule is Cl.NC1CCCC(C(=O)Nc2ncc(Cc3cccc(Br)c3)s2)C1. The number of carbonyl (C=O) groups is 1. The Morgan fingerprint density at radius 3 is 3.00 bits per heavy atom. The van der Waals surface area contributed by atoms with Gasteiger partial charge in [-0.1, -0.05) is 34.5 Å². The number of nitrogens with two attached hydrogens (primary N) is 1. The van der Waals surface area contributed by atoms with Crippen molar-refractivity contribution in [1.82, 2.24) is 4.98 Å². The van der Waals surface area contributed by atoms with Crippen molar-refractivity contribution in [2.24, 2.45) is 11.7 Å². The van der Waals surface area contributed by atoms with E-state index in [0.29, 0.717) is 5.13 Å². The number of nitrogens with zero attached hydrogens (tertiary/aromatic N) is 1. The molecule has 24 heavy (non-hydrogen) atoms. The van der Waals surface area contributed by atoms with Crippen LogP contribution >= 0.6 is 39.7 Å². The predicted octanol–water partition coefficient (Wildman–Crippen LogP) is 4.37. The summed E-state index contributed by atoms with van der Waals surface area (Å²) in [5.41, 5.74) is 7.18. The second-order valence-corrected chi connectivity index (χ2v) is 8.08. The molecule has 1 aliphatic rings. The van der Waals surface area contributed by atoms with Crippen molar-refractivity contribution in [3.63, 3.8) is 0 Å². The topological polar surface area (TPSA) is 68.0 Å². The Bertz CT molecular complexity index is 694. The fourth-order valence-corrected chi connectivity index (χ4v) is 4.26. The summed E-state index contributed by atoms with van der Waals surface area (Å²) >= 11 is 5.02. The Morgan fingerprint density at radius 2 is 2.25 bits per heavy atom. The van der Waals surface area contributed by atoms with Gasteiger partial charge in [0.25, 0.3) is 0 Å². The van der Waals surface area contributed by atoms with Gasteiger partial charge in [0.1, 0.15) is 0 Å². The van der Waals surface area contributed by atoms with Crippen molar-refractivity contribution in [1.29, 1.82) is 0 Å². The normalized spacial score (nSPS) is 20.2.